The number of Topliss-reactive ketones (excluding diaryl/α,β-unsaturated/α-hetero) is 1. The molecule has 0 aliphatic carbocycles. The Morgan fingerprint density at radius 2 is 1.74 bits per heavy atom. The maximum atomic E-state index is 13.6. The largest absolute Gasteiger partial charge is 0.418 e. The van der Waals surface area contributed by atoms with Crippen LogP contribution >= 0.6 is 11.3 Å². The van der Waals surface area contributed by atoms with E-state index in [1.165, 1.54) is 11.3 Å². The van der Waals surface area contributed by atoms with Crippen LogP contribution in [0.2, 0.25) is 0 Å². The van der Waals surface area contributed by atoms with Crippen LogP contribution in [0.25, 0.3) is 10.6 Å². The van der Waals surface area contributed by atoms with Gasteiger partial charge in [0.1, 0.15) is 10.0 Å². The number of nitrogens with one attached hydrogen (secondary N) is 1. The van der Waals surface area contributed by atoms with E-state index < -0.39 is 29.1 Å². The molecule has 1 amide bonds. The number of ketones is 1. The Hall–Kier alpha value is -3.15. The summed E-state index contributed by atoms with van der Waals surface area (Å²) in [7, 11) is 1.97. The van der Waals surface area contributed by atoms with Gasteiger partial charge in [-0.15, -0.1) is 10.2 Å². The van der Waals surface area contributed by atoms with E-state index in [0.717, 1.165) is 36.9 Å². The van der Waals surface area contributed by atoms with Crippen molar-refractivity contribution in [2.75, 3.05) is 45.1 Å². The smallest absolute Gasteiger partial charge is 0.324 e. The molecular formula is C24H24F3N5O2S. The van der Waals surface area contributed by atoms with Gasteiger partial charge in [-0.2, -0.15) is 13.2 Å². The molecule has 0 atom stereocenters. The lowest BCUT2D eigenvalue weighted by Crippen LogP contribution is -2.47. The van der Waals surface area contributed by atoms with Gasteiger partial charge in [-0.05, 0) is 19.2 Å². The van der Waals surface area contributed by atoms with E-state index in [-0.39, 0.29) is 18.5 Å². The number of benzene rings is 2. The molecule has 1 aromatic heterocycles. The number of hydrogen-bond acceptors (Lipinski definition) is 7. The van der Waals surface area contributed by atoms with Gasteiger partial charge >= 0.3 is 6.18 Å². The van der Waals surface area contributed by atoms with Crippen LogP contribution < -0.4 is 5.32 Å². The average Bonchev–Trinajstić information content (AvgIpc) is 3.29. The first-order valence-corrected chi connectivity index (χ1v) is 11.8. The second-order valence-corrected chi connectivity index (χ2v) is 9.41. The van der Waals surface area contributed by atoms with Gasteiger partial charge in [0.05, 0.1) is 24.2 Å². The van der Waals surface area contributed by atoms with Crippen molar-refractivity contribution in [1.82, 2.24) is 20.0 Å². The lowest BCUT2D eigenvalue weighted by Gasteiger charge is -2.31. The Balaban J connectivity index is 1.48. The number of nitrogens with zero attached hydrogens (tertiary/aromatic N) is 4. The number of anilines is 1. The van der Waals surface area contributed by atoms with Gasteiger partial charge in [0.2, 0.25) is 5.91 Å². The maximum absolute atomic E-state index is 13.6. The molecule has 3 aromatic rings. The average molecular weight is 504 g/mol. The third-order valence-electron chi connectivity index (χ3n) is 5.68. The highest BCUT2D eigenvalue weighted by Crippen LogP contribution is 2.35. The predicted octanol–water partition coefficient (Wildman–Crippen LogP) is 3.84. The number of carbonyl (C=O) groups excluding carboxylic acids is 2. The van der Waals surface area contributed by atoms with Crippen molar-refractivity contribution in [1.29, 1.82) is 0 Å². The zero-order chi connectivity index (χ0) is 25.0. The van der Waals surface area contributed by atoms with Gasteiger partial charge in [0, 0.05) is 37.3 Å². The van der Waals surface area contributed by atoms with Crippen LogP contribution in [-0.4, -0.2) is 71.5 Å². The van der Waals surface area contributed by atoms with E-state index in [9.17, 15) is 22.8 Å². The molecule has 0 unspecified atom stereocenters. The van der Waals surface area contributed by atoms with Gasteiger partial charge in [0.15, 0.2) is 5.78 Å². The van der Waals surface area contributed by atoms with Crippen LogP contribution in [0.3, 0.4) is 0 Å². The number of alkyl halides is 3. The summed E-state index contributed by atoms with van der Waals surface area (Å²) in [5, 5.41) is 11.6. The van der Waals surface area contributed by atoms with E-state index in [1.807, 2.05) is 42.3 Å². The summed E-state index contributed by atoms with van der Waals surface area (Å²) in [6.45, 7) is 2.85. The van der Waals surface area contributed by atoms with E-state index >= 15 is 0 Å². The highest BCUT2D eigenvalue weighted by molar-refractivity contribution is 7.14. The van der Waals surface area contributed by atoms with Gasteiger partial charge in [-0.25, -0.2) is 0 Å². The molecule has 1 N–H and O–H groups in total. The molecule has 11 heteroatoms. The third kappa shape index (κ3) is 6.50. The second-order valence-electron chi connectivity index (χ2n) is 8.35. The number of halogens is 3. The maximum Gasteiger partial charge on any atom is 0.418 e. The van der Waals surface area contributed by atoms with Gasteiger partial charge in [0.25, 0.3) is 0 Å². The van der Waals surface area contributed by atoms with E-state index in [1.54, 1.807) is 0 Å². The Labute approximate surface area is 204 Å². The quantitative estimate of drug-likeness (QED) is 0.494. The monoisotopic (exact) mass is 503 g/mol. The highest BCUT2D eigenvalue weighted by Gasteiger charge is 2.34. The lowest BCUT2D eigenvalue weighted by atomic mass is 10.0. The van der Waals surface area contributed by atoms with Crippen LogP contribution in [0.15, 0.2) is 48.5 Å². The molecule has 1 saturated heterocycles. The second kappa shape index (κ2) is 10.6. The summed E-state index contributed by atoms with van der Waals surface area (Å²) in [5.41, 5.74) is -0.499. The fourth-order valence-corrected chi connectivity index (χ4v) is 4.57. The molecule has 184 valence electrons. The van der Waals surface area contributed by atoms with E-state index in [4.69, 9.17) is 0 Å². The minimum absolute atomic E-state index is 0.0175. The number of piperazine rings is 1. The summed E-state index contributed by atoms with van der Waals surface area (Å²) in [6.07, 6.45) is -4.79. The fourth-order valence-electron chi connectivity index (χ4n) is 3.73. The molecule has 2 heterocycles. The molecule has 1 aliphatic heterocycles. The van der Waals surface area contributed by atoms with Crippen molar-refractivity contribution in [2.45, 2.75) is 12.6 Å². The molecule has 1 aliphatic rings. The Bertz CT molecular complexity index is 1190. The molecule has 1 fully saturated rings. The van der Waals surface area contributed by atoms with Crippen molar-refractivity contribution in [3.63, 3.8) is 0 Å². The molecule has 7 nitrogen and oxygen atoms in total. The Kier molecular flexibility index (Phi) is 7.58. The summed E-state index contributed by atoms with van der Waals surface area (Å²) in [6, 6.07) is 12.4. The number of likely N-dealkylation sites (N-methyl/N-ethyl adjacent to an activating group) is 1. The number of aromatic nitrogens is 2. The minimum atomic E-state index is -4.68. The van der Waals surface area contributed by atoms with E-state index in [2.05, 4.69) is 20.4 Å². The third-order valence-corrected chi connectivity index (χ3v) is 6.66. The number of amides is 1. The van der Waals surface area contributed by atoms with Crippen LogP contribution in [-0.2, 0) is 17.4 Å². The zero-order valence-electron chi connectivity index (χ0n) is 19.0. The van der Waals surface area contributed by atoms with Crippen molar-refractivity contribution >= 4 is 28.7 Å². The molecule has 0 saturated carbocycles. The molecule has 35 heavy (non-hydrogen) atoms. The summed E-state index contributed by atoms with van der Waals surface area (Å²) in [5.74, 6) is -0.967. The lowest BCUT2D eigenvalue weighted by molar-refractivity contribution is -0.137. The van der Waals surface area contributed by atoms with Crippen LogP contribution in [0, 0.1) is 0 Å². The van der Waals surface area contributed by atoms with Crippen molar-refractivity contribution in [3.8, 4) is 10.6 Å². The first-order valence-electron chi connectivity index (χ1n) is 11.0. The van der Waals surface area contributed by atoms with Crippen LogP contribution in [0.1, 0.15) is 20.9 Å². The minimum Gasteiger partial charge on any atom is -0.324 e. The summed E-state index contributed by atoms with van der Waals surface area (Å²) >= 11 is 1.25. The first kappa shape index (κ1) is 25.0. The molecule has 0 radical (unpaired) electrons. The fraction of sp³-hybridized carbons (Fsp3) is 0.333. The van der Waals surface area contributed by atoms with Crippen LogP contribution in [0.5, 0.6) is 0 Å². The molecule has 4 rings (SSSR count). The molecule has 0 spiro atoms. The highest BCUT2D eigenvalue weighted by atomic mass is 32.1. The Morgan fingerprint density at radius 3 is 2.43 bits per heavy atom. The SMILES string of the molecule is CN1CCN(CC(=O)Nc2cc(C(=O)Cc3nnc(-c4ccccc4)s3)ccc2C(F)(F)F)CC1. The van der Waals surface area contributed by atoms with Crippen LogP contribution in [0.4, 0.5) is 18.9 Å². The molecule has 2 aromatic carbocycles. The first-order chi connectivity index (χ1) is 16.7. The summed E-state index contributed by atoms with van der Waals surface area (Å²) < 4.78 is 40.7. The van der Waals surface area contributed by atoms with Gasteiger partial charge in [-0.3, -0.25) is 14.5 Å². The predicted molar refractivity (Wildman–Crippen MR) is 127 cm³/mol. The van der Waals surface area contributed by atoms with E-state index in [0.29, 0.717) is 23.1 Å². The van der Waals surface area contributed by atoms with Crippen molar-refractivity contribution in [2.24, 2.45) is 0 Å². The number of hydrogen-bond donors (Lipinski definition) is 1. The van der Waals surface area contributed by atoms with Gasteiger partial charge < -0.3 is 10.2 Å². The van der Waals surface area contributed by atoms with Crippen molar-refractivity contribution < 1.29 is 22.8 Å². The molecular weight excluding hydrogens is 479 g/mol. The zero-order valence-corrected chi connectivity index (χ0v) is 19.8. The normalized spacial score (nSPS) is 15.2. The molecule has 0 bridgehead atoms. The van der Waals surface area contributed by atoms with Gasteiger partial charge in [-0.1, -0.05) is 47.7 Å². The van der Waals surface area contributed by atoms with Crippen molar-refractivity contribution in [3.05, 3.63) is 64.7 Å². The Morgan fingerprint density at radius 1 is 1.03 bits per heavy atom. The summed E-state index contributed by atoms with van der Waals surface area (Å²) in [4.78, 5) is 29.4. The standard InChI is InChI=1S/C24H24F3N5O2S/c1-31-9-11-32(12-10-31)15-21(34)28-19-13-17(7-8-18(19)24(25,26)27)20(33)14-22-29-30-23(35-22)16-5-3-2-4-6-16/h2-8,13H,9-12,14-15H2,1H3,(H,28,34). The number of rotatable bonds is 7. The topological polar surface area (TPSA) is 78.4 Å². The number of carbonyl (C=O) groups is 2.